The summed E-state index contributed by atoms with van der Waals surface area (Å²) >= 11 is 0. The molecule has 0 aliphatic rings. The van der Waals surface area contributed by atoms with E-state index in [1.807, 2.05) is 24.7 Å². The minimum atomic E-state index is -0.561. The van der Waals surface area contributed by atoms with Gasteiger partial charge in [0.25, 0.3) is 0 Å². The topological polar surface area (TPSA) is 81.9 Å². The number of aromatic nitrogens is 4. The van der Waals surface area contributed by atoms with Crippen LogP contribution in [0, 0.1) is 6.92 Å². The lowest BCUT2D eigenvalue weighted by Gasteiger charge is -2.06. The molecule has 0 amide bonds. The first-order valence-corrected chi connectivity index (χ1v) is 6.24. The molecule has 2 rings (SSSR count). The molecule has 20 heavy (non-hydrogen) atoms. The molecule has 2 aromatic heterocycles. The Morgan fingerprint density at radius 3 is 2.75 bits per heavy atom. The van der Waals surface area contributed by atoms with E-state index >= 15 is 0 Å². The van der Waals surface area contributed by atoms with Crippen molar-refractivity contribution < 1.29 is 9.53 Å². The number of nitrogens with one attached hydrogen (secondary N) is 1. The van der Waals surface area contributed by atoms with Crippen LogP contribution in [0.4, 0.5) is 11.5 Å². The number of hydrogen-bond acceptors (Lipinski definition) is 6. The van der Waals surface area contributed by atoms with Crippen LogP contribution in [0.5, 0.6) is 0 Å². The summed E-state index contributed by atoms with van der Waals surface area (Å²) < 4.78 is 6.45. The maximum absolute atomic E-state index is 11.5. The summed E-state index contributed by atoms with van der Waals surface area (Å²) in [6, 6.07) is 2.03. The van der Waals surface area contributed by atoms with E-state index in [-0.39, 0.29) is 11.9 Å². The predicted molar refractivity (Wildman–Crippen MR) is 74.0 cm³/mol. The molecule has 0 atom stereocenters. The zero-order valence-corrected chi connectivity index (χ0v) is 11.9. The predicted octanol–water partition coefficient (Wildman–Crippen LogP) is 2.09. The molecule has 0 bridgehead atoms. The lowest BCUT2D eigenvalue weighted by atomic mass is 10.4. The minimum Gasteiger partial charge on any atom is -0.463 e. The SMILES string of the molecule is COC(=O)c1nc(C)cc(Nc2cnn(C(C)C)c2)n1. The summed E-state index contributed by atoms with van der Waals surface area (Å²) in [6.07, 6.45) is 3.58. The molecule has 1 N–H and O–H groups in total. The summed E-state index contributed by atoms with van der Waals surface area (Å²) in [6.45, 7) is 5.87. The van der Waals surface area contributed by atoms with Crippen molar-refractivity contribution in [2.75, 3.05) is 12.4 Å². The van der Waals surface area contributed by atoms with Crippen molar-refractivity contribution in [3.05, 3.63) is 30.0 Å². The summed E-state index contributed by atoms with van der Waals surface area (Å²) in [4.78, 5) is 19.6. The highest BCUT2D eigenvalue weighted by Gasteiger charge is 2.12. The normalized spacial score (nSPS) is 10.7. The van der Waals surface area contributed by atoms with E-state index in [0.717, 1.165) is 5.69 Å². The fraction of sp³-hybridized carbons (Fsp3) is 0.385. The Bertz CT molecular complexity index is 621. The van der Waals surface area contributed by atoms with Crippen molar-refractivity contribution in [3.8, 4) is 0 Å². The summed E-state index contributed by atoms with van der Waals surface area (Å²) in [5.74, 6) is 0.00193. The van der Waals surface area contributed by atoms with Crippen LogP contribution < -0.4 is 5.32 Å². The zero-order chi connectivity index (χ0) is 14.7. The minimum absolute atomic E-state index is 0.0336. The first-order chi connectivity index (χ1) is 9.49. The molecule has 0 aliphatic heterocycles. The number of rotatable bonds is 4. The van der Waals surface area contributed by atoms with Gasteiger partial charge in [-0.1, -0.05) is 0 Å². The quantitative estimate of drug-likeness (QED) is 0.860. The van der Waals surface area contributed by atoms with Gasteiger partial charge in [0.2, 0.25) is 5.82 Å². The Hall–Kier alpha value is -2.44. The summed E-state index contributed by atoms with van der Waals surface area (Å²) in [5, 5.41) is 7.32. The second kappa shape index (κ2) is 5.68. The average Bonchev–Trinajstić information content (AvgIpc) is 2.85. The fourth-order valence-electron chi connectivity index (χ4n) is 1.65. The van der Waals surface area contributed by atoms with Crippen LogP contribution in [0.1, 0.15) is 36.2 Å². The van der Waals surface area contributed by atoms with E-state index in [1.54, 1.807) is 19.2 Å². The molecule has 0 aliphatic carbocycles. The van der Waals surface area contributed by atoms with Gasteiger partial charge in [0.05, 0.1) is 19.0 Å². The highest BCUT2D eigenvalue weighted by Crippen LogP contribution is 2.16. The molecule has 7 nitrogen and oxygen atoms in total. The van der Waals surface area contributed by atoms with Gasteiger partial charge in [-0.2, -0.15) is 5.10 Å². The van der Waals surface area contributed by atoms with Crippen LogP contribution in [-0.4, -0.2) is 32.8 Å². The van der Waals surface area contributed by atoms with E-state index < -0.39 is 5.97 Å². The number of methoxy groups -OCH3 is 1. The zero-order valence-electron chi connectivity index (χ0n) is 11.9. The number of anilines is 2. The van der Waals surface area contributed by atoms with Crippen molar-refractivity contribution in [1.82, 2.24) is 19.7 Å². The molecule has 2 aromatic rings. The number of ether oxygens (including phenoxy) is 1. The Morgan fingerprint density at radius 1 is 1.40 bits per heavy atom. The van der Waals surface area contributed by atoms with Gasteiger partial charge in [-0.05, 0) is 20.8 Å². The van der Waals surface area contributed by atoms with Crippen molar-refractivity contribution in [3.63, 3.8) is 0 Å². The van der Waals surface area contributed by atoms with Crippen molar-refractivity contribution >= 4 is 17.5 Å². The number of nitrogens with zero attached hydrogens (tertiary/aromatic N) is 4. The lowest BCUT2D eigenvalue weighted by Crippen LogP contribution is -2.10. The van der Waals surface area contributed by atoms with E-state index in [4.69, 9.17) is 0 Å². The van der Waals surface area contributed by atoms with Gasteiger partial charge in [-0.15, -0.1) is 0 Å². The monoisotopic (exact) mass is 275 g/mol. The Balaban J connectivity index is 2.24. The van der Waals surface area contributed by atoms with Crippen LogP contribution >= 0.6 is 0 Å². The summed E-state index contributed by atoms with van der Waals surface area (Å²) in [5.41, 5.74) is 1.48. The molecule has 0 spiro atoms. The smallest absolute Gasteiger partial charge is 0.376 e. The van der Waals surface area contributed by atoms with Crippen molar-refractivity contribution in [2.24, 2.45) is 0 Å². The number of carbonyl (C=O) groups is 1. The van der Waals surface area contributed by atoms with E-state index in [9.17, 15) is 4.79 Å². The van der Waals surface area contributed by atoms with Gasteiger partial charge in [0, 0.05) is 24.0 Å². The number of carbonyl (C=O) groups excluding carboxylic acids is 1. The summed E-state index contributed by atoms with van der Waals surface area (Å²) in [7, 11) is 1.30. The Labute approximate surface area is 117 Å². The van der Waals surface area contributed by atoms with Crippen molar-refractivity contribution in [2.45, 2.75) is 26.8 Å². The standard InChI is InChI=1S/C13H17N5O2/c1-8(2)18-7-10(6-14-18)16-11-5-9(3)15-12(17-11)13(19)20-4/h5-8H,1-4H3,(H,15,16,17). The van der Waals surface area contributed by atoms with Crippen molar-refractivity contribution in [1.29, 1.82) is 0 Å². The van der Waals surface area contributed by atoms with Gasteiger partial charge in [-0.3, -0.25) is 4.68 Å². The average molecular weight is 275 g/mol. The maximum Gasteiger partial charge on any atom is 0.376 e. The van der Waals surface area contributed by atoms with Gasteiger partial charge in [-0.25, -0.2) is 14.8 Å². The molecule has 106 valence electrons. The van der Waals surface area contributed by atoms with Crippen LogP contribution in [0.2, 0.25) is 0 Å². The first-order valence-electron chi connectivity index (χ1n) is 6.24. The molecule has 0 radical (unpaired) electrons. The molecular formula is C13H17N5O2. The molecule has 2 heterocycles. The van der Waals surface area contributed by atoms with Crippen LogP contribution in [-0.2, 0) is 4.74 Å². The third-order valence-electron chi connectivity index (χ3n) is 2.63. The van der Waals surface area contributed by atoms with Gasteiger partial charge < -0.3 is 10.1 Å². The fourth-order valence-corrected chi connectivity index (χ4v) is 1.65. The first kappa shape index (κ1) is 14.0. The second-order valence-electron chi connectivity index (χ2n) is 4.64. The largest absolute Gasteiger partial charge is 0.463 e. The number of esters is 1. The molecule has 0 aromatic carbocycles. The van der Waals surface area contributed by atoms with Crippen LogP contribution in [0.25, 0.3) is 0 Å². The molecule has 0 saturated heterocycles. The van der Waals surface area contributed by atoms with E-state index in [2.05, 4.69) is 25.1 Å². The Morgan fingerprint density at radius 2 is 2.15 bits per heavy atom. The van der Waals surface area contributed by atoms with Gasteiger partial charge >= 0.3 is 5.97 Å². The van der Waals surface area contributed by atoms with Gasteiger partial charge in [0.15, 0.2) is 0 Å². The second-order valence-corrected chi connectivity index (χ2v) is 4.64. The third-order valence-corrected chi connectivity index (χ3v) is 2.63. The van der Waals surface area contributed by atoms with E-state index in [0.29, 0.717) is 11.5 Å². The molecule has 0 unspecified atom stereocenters. The lowest BCUT2D eigenvalue weighted by molar-refractivity contribution is 0.0586. The number of aryl methyl sites for hydroxylation is 1. The highest BCUT2D eigenvalue weighted by atomic mass is 16.5. The van der Waals surface area contributed by atoms with Gasteiger partial charge in [0.1, 0.15) is 5.82 Å². The molecule has 0 saturated carbocycles. The van der Waals surface area contributed by atoms with E-state index in [1.165, 1.54) is 7.11 Å². The third kappa shape index (κ3) is 3.11. The Kier molecular flexibility index (Phi) is 3.97. The molecule has 7 heteroatoms. The maximum atomic E-state index is 11.5. The molecule has 0 fully saturated rings. The van der Waals surface area contributed by atoms with Crippen LogP contribution in [0.15, 0.2) is 18.5 Å². The molecular weight excluding hydrogens is 258 g/mol. The number of hydrogen-bond donors (Lipinski definition) is 1. The van der Waals surface area contributed by atoms with Crippen LogP contribution in [0.3, 0.4) is 0 Å². The highest BCUT2D eigenvalue weighted by molar-refractivity contribution is 5.85.